The topological polar surface area (TPSA) is 70.2 Å². The monoisotopic (exact) mass is 319 g/mol. The maximum absolute atomic E-state index is 13.5. The van der Waals surface area contributed by atoms with E-state index in [0.29, 0.717) is 17.7 Å². The van der Waals surface area contributed by atoms with Crippen molar-refractivity contribution in [3.63, 3.8) is 0 Å². The number of rotatable bonds is 3. The van der Waals surface area contributed by atoms with Gasteiger partial charge in [-0.2, -0.15) is 0 Å². The van der Waals surface area contributed by atoms with Crippen molar-refractivity contribution in [1.29, 1.82) is 0 Å². The van der Waals surface area contributed by atoms with Crippen LogP contribution in [0.2, 0.25) is 0 Å². The normalized spacial score (nSPS) is 13.9. The molecule has 120 valence electrons. The molecule has 1 aromatic carbocycles. The molecule has 1 aliphatic rings. The third kappa shape index (κ3) is 3.71. The fraction of sp³-hybridized carbons (Fsp3) is 0.267. The molecule has 2 N–H and O–H groups in total. The van der Waals surface area contributed by atoms with Gasteiger partial charge in [0.15, 0.2) is 0 Å². The number of aromatic nitrogens is 2. The van der Waals surface area contributed by atoms with Crippen LogP contribution >= 0.6 is 0 Å². The van der Waals surface area contributed by atoms with E-state index >= 15 is 0 Å². The Morgan fingerprint density at radius 3 is 2.43 bits per heavy atom. The first-order chi connectivity index (χ1) is 11.1. The number of carbonyl (C=O) groups is 1. The summed E-state index contributed by atoms with van der Waals surface area (Å²) in [6.07, 6.45) is 5.21. The van der Waals surface area contributed by atoms with E-state index in [9.17, 15) is 13.6 Å². The second-order valence-electron chi connectivity index (χ2n) is 5.17. The number of hydrogen-bond donors (Lipinski definition) is 2. The van der Waals surface area contributed by atoms with Crippen molar-refractivity contribution < 1.29 is 13.6 Å². The van der Waals surface area contributed by atoms with Gasteiger partial charge < -0.3 is 15.5 Å². The van der Waals surface area contributed by atoms with Gasteiger partial charge in [0.2, 0.25) is 5.95 Å². The van der Waals surface area contributed by atoms with E-state index in [-0.39, 0.29) is 5.69 Å². The van der Waals surface area contributed by atoms with Gasteiger partial charge in [0.05, 0.1) is 23.8 Å². The van der Waals surface area contributed by atoms with Gasteiger partial charge in [0.25, 0.3) is 0 Å². The van der Waals surface area contributed by atoms with Crippen molar-refractivity contribution in [2.24, 2.45) is 0 Å². The molecule has 0 unspecified atom stereocenters. The van der Waals surface area contributed by atoms with E-state index < -0.39 is 17.7 Å². The summed E-state index contributed by atoms with van der Waals surface area (Å²) in [6, 6.07) is 2.25. The average Bonchev–Trinajstić information content (AvgIpc) is 3.05. The molecule has 2 heterocycles. The van der Waals surface area contributed by atoms with Crippen LogP contribution in [-0.4, -0.2) is 29.1 Å². The van der Waals surface area contributed by atoms with E-state index in [1.165, 1.54) is 12.4 Å². The number of hydrogen-bond acceptors (Lipinski definition) is 4. The minimum Gasteiger partial charge on any atom is -0.341 e. The lowest BCUT2D eigenvalue weighted by atomic mass is 10.3. The van der Waals surface area contributed by atoms with Crippen molar-refractivity contribution in [2.45, 2.75) is 12.8 Å². The number of carbonyl (C=O) groups excluding carboxylic acids is 1. The zero-order valence-corrected chi connectivity index (χ0v) is 12.2. The van der Waals surface area contributed by atoms with Gasteiger partial charge in [0, 0.05) is 19.2 Å². The van der Waals surface area contributed by atoms with Crippen LogP contribution in [0.25, 0.3) is 0 Å². The molecule has 1 aliphatic heterocycles. The Morgan fingerprint density at radius 1 is 1.09 bits per heavy atom. The first kappa shape index (κ1) is 15.1. The second kappa shape index (κ2) is 6.55. The number of amides is 2. The van der Waals surface area contributed by atoms with E-state index in [1.54, 1.807) is 0 Å². The summed E-state index contributed by atoms with van der Waals surface area (Å²) in [5.74, 6) is -0.932. The van der Waals surface area contributed by atoms with E-state index in [0.717, 1.165) is 38.1 Å². The Bertz CT molecular complexity index is 702. The highest BCUT2D eigenvalue weighted by atomic mass is 19.1. The van der Waals surface area contributed by atoms with Crippen molar-refractivity contribution in [3.8, 4) is 0 Å². The highest BCUT2D eigenvalue weighted by molar-refractivity contribution is 5.99. The summed E-state index contributed by atoms with van der Waals surface area (Å²) in [5, 5.41) is 4.79. The first-order valence-corrected chi connectivity index (χ1v) is 7.22. The Kier molecular flexibility index (Phi) is 4.31. The zero-order valence-electron chi connectivity index (χ0n) is 12.2. The minimum atomic E-state index is -0.846. The highest BCUT2D eigenvalue weighted by Gasteiger charge is 2.15. The molecule has 0 atom stereocenters. The van der Waals surface area contributed by atoms with Crippen molar-refractivity contribution in [1.82, 2.24) is 9.97 Å². The molecular weight excluding hydrogens is 304 g/mol. The summed E-state index contributed by atoms with van der Waals surface area (Å²) in [5.41, 5.74) is 0.270. The quantitative estimate of drug-likeness (QED) is 0.912. The van der Waals surface area contributed by atoms with E-state index in [4.69, 9.17) is 0 Å². The van der Waals surface area contributed by atoms with Crippen LogP contribution < -0.4 is 15.5 Å². The Morgan fingerprint density at radius 2 is 1.78 bits per heavy atom. The third-order valence-corrected chi connectivity index (χ3v) is 3.46. The van der Waals surface area contributed by atoms with Crippen molar-refractivity contribution >= 4 is 23.4 Å². The van der Waals surface area contributed by atoms with Crippen LogP contribution in [0.3, 0.4) is 0 Å². The van der Waals surface area contributed by atoms with Crippen LogP contribution in [0.5, 0.6) is 0 Å². The maximum Gasteiger partial charge on any atom is 0.323 e. The highest BCUT2D eigenvalue weighted by Crippen LogP contribution is 2.17. The van der Waals surface area contributed by atoms with Gasteiger partial charge in [-0.3, -0.25) is 0 Å². The number of anilines is 3. The molecule has 0 spiro atoms. The SMILES string of the molecule is O=C(Nc1cnc(N2CCCC2)nc1)Nc1ccc(F)cc1F. The molecular formula is C15H15F2N5O. The fourth-order valence-electron chi connectivity index (χ4n) is 2.34. The smallest absolute Gasteiger partial charge is 0.323 e. The third-order valence-electron chi connectivity index (χ3n) is 3.46. The van der Waals surface area contributed by atoms with Crippen molar-refractivity contribution in [2.75, 3.05) is 28.6 Å². The summed E-state index contributed by atoms with van der Waals surface area (Å²) in [7, 11) is 0. The largest absolute Gasteiger partial charge is 0.341 e. The Labute approximate surface area is 131 Å². The zero-order chi connectivity index (χ0) is 16.2. The molecule has 1 fully saturated rings. The second-order valence-corrected chi connectivity index (χ2v) is 5.17. The Hall–Kier alpha value is -2.77. The van der Waals surface area contributed by atoms with Crippen LogP contribution in [0, 0.1) is 11.6 Å². The van der Waals surface area contributed by atoms with Crippen LogP contribution in [0.4, 0.5) is 30.9 Å². The van der Waals surface area contributed by atoms with Gasteiger partial charge in [-0.1, -0.05) is 0 Å². The molecule has 6 nitrogen and oxygen atoms in total. The lowest BCUT2D eigenvalue weighted by Crippen LogP contribution is -2.22. The standard InChI is InChI=1S/C15H15F2N5O/c16-10-3-4-13(12(17)7-10)21-15(23)20-11-8-18-14(19-9-11)22-5-1-2-6-22/h3-4,7-9H,1-2,5-6H2,(H2,20,21,23). The number of urea groups is 1. The summed E-state index contributed by atoms with van der Waals surface area (Å²) < 4.78 is 26.3. The molecule has 2 aromatic rings. The van der Waals surface area contributed by atoms with Crippen LogP contribution in [0.15, 0.2) is 30.6 Å². The molecule has 1 aromatic heterocycles. The molecule has 0 bridgehead atoms. The van der Waals surface area contributed by atoms with Crippen LogP contribution in [0.1, 0.15) is 12.8 Å². The minimum absolute atomic E-state index is 0.112. The molecule has 0 radical (unpaired) electrons. The van der Waals surface area contributed by atoms with Gasteiger partial charge in [-0.15, -0.1) is 0 Å². The van der Waals surface area contributed by atoms with Gasteiger partial charge in [-0.05, 0) is 25.0 Å². The molecule has 2 amide bonds. The predicted octanol–water partition coefficient (Wildman–Crippen LogP) is 3.00. The molecule has 23 heavy (non-hydrogen) atoms. The first-order valence-electron chi connectivity index (χ1n) is 7.22. The number of benzene rings is 1. The van der Waals surface area contributed by atoms with Crippen molar-refractivity contribution in [3.05, 3.63) is 42.2 Å². The average molecular weight is 319 g/mol. The van der Waals surface area contributed by atoms with Gasteiger partial charge in [-0.25, -0.2) is 23.5 Å². The summed E-state index contributed by atoms with van der Waals surface area (Å²) >= 11 is 0. The maximum atomic E-state index is 13.5. The number of halogens is 2. The molecule has 8 heteroatoms. The lowest BCUT2D eigenvalue weighted by Gasteiger charge is -2.15. The molecule has 1 saturated heterocycles. The lowest BCUT2D eigenvalue weighted by molar-refractivity contribution is 0.262. The molecule has 0 saturated carbocycles. The summed E-state index contributed by atoms with van der Waals surface area (Å²) in [4.78, 5) is 22.3. The van der Waals surface area contributed by atoms with Gasteiger partial charge in [0.1, 0.15) is 11.6 Å². The fourth-order valence-corrected chi connectivity index (χ4v) is 2.34. The molecule has 0 aliphatic carbocycles. The van der Waals surface area contributed by atoms with E-state index in [2.05, 4.69) is 25.5 Å². The molecule has 3 rings (SSSR count). The number of nitrogens with one attached hydrogen (secondary N) is 2. The Balaban J connectivity index is 1.61. The number of nitrogens with zero attached hydrogens (tertiary/aromatic N) is 3. The summed E-state index contributed by atoms with van der Waals surface area (Å²) in [6.45, 7) is 1.86. The van der Waals surface area contributed by atoms with Crippen LogP contribution in [-0.2, 0) is 0 Å². The van der Waals surface area contributed by atoms with E-state index in [1.807, 2.05) is 0 Å². The predicted molar refractivity (Wildman–Crippen MR) is 82.5 cm³/mol. The van der Waals surface area contributed by atoms with Gasteiger partial charge >= 0.3 is 6.03 Å².